The molecule has 1 atom stereocenters. The Morgan fingerprint density at radius 2 is 1.92 bits per heavy atom. The van der Waals surface area contributed by atoms with Gasteiger partial charge in [-0.3, -0.25) is 4.79 Å². The van der Waals surface area contributed by atoms with Crippen LogP contribution in [0.1, 0.15) is 30.7 Å². The van der Waals surface area contributed by atoms with Crippen molar-refractivity contribution in [1.29, 1.82) is 0 Å². The first-order chi connectivity index (χ1) is 6.25. The van der Waals surface area contributed by atoms with Crippen molar-refractivity contribution in [2.75, 3.05) is 0 Å². The van der Waals surface area contributed by atoms with E-state index in [2.05, 4.69) is 28.1 Å². The van der Waals surface area contributed by atoms with Crippen LogP contribution in [-0.4, -0.2) is 5.78 Å². The van der Waals surface area contributed by atoms with Crippen LogP contribution in [0.15, 0.2) is 28.7 Å². The zero-order valence-electron chi connectivity index (χ0n) is 7.29. The fourth-order valence-electron chi connectivity index (χ4n) is 1.83. The van der Waals surface area contributed by atoms with Gasteiger partial charge in [-0.25, -0.2) is 0 Å². The van der Waals surface area contributed by atoms with Crippen molar-refractivity contribution in [1.82, 2.24) is 0 Å². The third kappa shape index (κ3) is 1.99. The van der Waals surface area contributed by atoms with Crippen molar-refractivity contribution >= 4 is 21.7 Å². The Balaban J connectivity index is 2.17. The van der Waals surface area contributed by atoms with Crippen LogP contribution in [-0.2, 0) is 4.79 Å². The third-order valence-electron chi connectivity index (χ3n) is 2.59. The summed E-state index contributed by atoms with van der Waals surface area (Å²) >= 11 is 3.40. The molecule has 68 valence electrons. The Hall–Kier alpha value is -0.630. The summed E-state index contributed by atoms with van der Waals surface area (Å²) in [4.78, 5) is 11.1. The lowest BCUT2D eigenvalue weighted by atomic mass is 9.98. The second-order valence-corrected chi connectivity index (χ2v) is 4.45. The molecular formula is C11H11BrO. The minimum atomic E-state index is 0.410. The molecule has 0 N–H and O–H groups in total. The highest BCUT2D eigenvalue weighted by molar-refractivity contribution is 9.10. The van der Waals surface area contributed by atoms with Gasteiger partial charge in [-0.1, -0.05) is 28.1 Å². The zero-order chi connectivity index (χ0) is 9.26. The van der Waals surface area contributed by atoms with Crippen molar-refractivity contribution in [2.24, 2.45) is 0 Å². The van der Waals surface area contributed by atoms with Gasteiger partial charge >= 0.3 is 0 Å². The van der Waals surface area contributed by atoms with Crippen LogP contribution in [0.5, 0.6) is 0 Å². The molecule has 0 amide bonds. The van der Waals surface area contributed by atoms with E-state index in [4.69, 9.17) is 0 Å². The van der Waals surface area contributed by atoms with Gasteiger partial charge in [-0.15, -0.1) is 0 Å². The maximum atomic E-state index is 11.1. The maximum Gasteiger partial charge on any atom is 0.133 e. The van der Waals surface area contributed by atoms with Gasteiger partial charge in [0.2, 0.25) is 0 Å². The first-order valence-corrected chi connectivity index (χ1v) is 5.32. The summed E-state index contributed by atoms with van der Waals surface area (Å²) in [6.07, 6.45) is 2.53. The molecule has 1 unspecified atom stereocenters. The molecular weight excluding hydrogens is 228 g/mol. The molecule has 2 rings (SSSR count). The Labute approximate surface area is 86.3 Å². The number of carbonyl (C=O) groups excluding carboxylic acids is 1. The number of Topliss-reactive ketones (excluding diaryl/α,β-unsaturated/α-hetero) is 1. The molecule has 0 heterocycles. The lowest BCUT2D eigenvalue weighted by Crippen LogP contribution is -1.93. The average Bonchev–Trinajstić information content (AvgIpc) is 2.53. The fourth-order valence-corrected chi connectivity index (χ4v) is 2.10. The van der Waals surface area contributed by atoms with Gasteiger partial charge in [-0.2, -0.15) is 0 Å². The summed E-state index contributed by atoms with van der Waals surface area (Å²) in [5.74, 6) is 0.883. The normalized spacial score (nSPS) is 22.2. The molecule has 13 heavy (non-hydrogen) atoms. The van der Waals surface area contributed by atoms with E-state index in [0.717, 1.165) is 23.7 Å². The van der Waals surface area contributed by atoms with Crippen molar-refractivity contribution in [3.8, 4) is 0 Å². The van der Waals surface area contributed by atoms with Gasteiger partial charge in [-0.05, 0) is 30.0 Å². The molecule has 1 nitrogen and oxygen atoms in total. The molecule has 1 saturated carbocycles. The van der Waals surface area contributed by atoms with Gasteiger partial charge in [0, 0.05) is 17.3 Å². The van der Waals surface area contributed by atoms with E-state index >= 15 is 0 Å². The Bertz CT molecular complexity index is 315. The largest absolute Gasteiger partial charge is 0.300 e. The van der Waals surface area contributed by atoms with Crippen molar-refractivity contribution in [3.05, 3.63) is 34.3 Å². The lowest BCUT2D eigenvalue weighted by molar-refractivity contribution is -0.117. The van der Waals surface area contributed by atoms with E-state index in [1.807, 2.05) is 12.1 Å². The van der Waals surface area contributed by atoms with Gasteiger partial charge in [0.1, 0.15) is 5.78 Å². The van der Waals surface area contributed by atoms with Gasteiger partial charge in [0.25, 0.3) is 0 Å². The standard InChI is InChI=1S/C11H11BrO/c12-10-4-1-8(2-5-10)9-3-6-11(13)7-9/h1-2,4-5,9H,3,6-7H2. The molecule has 0 aromatic heterocycles. The van der Waals surface area contributed by atoms with E-state index in [1.165, 1.54) is 5.56 Å². The Morgan fingerprint density at radius 3 is 2.46 bits per heavy atom. The molecule has 1 aromatic rings. The quantitative estimate of drug-likeness (QED) is 0.734. The molecule has 1 aromatic carbocycles. The number of hydrogen-bond acceptors (Lipinski definition) is 1. The number of carbonyl (C=O) groups is 1. The Morgan fingerprint density at radius 1 is 1.23 bits per heavy atom. The highest BCUT2D eigenvalue weighted by Gasteiger charge is 2.22. The number of rotatable bonds is 1. The van der Waals surface area contributed by atoms with Crippen LogP contribution in [0.2, 0.25) is 0 Å². The van der Waals surface area contributed by atoms with Gasteiger partial charge in [0.05, 0.1) is 0 Å². The van der Waals surface area contributed by atoms with Crippen LogP contribution in [0.25, 0.3) is 0 Å². The van der Waals surface area contributed by atoms with Crippen LogP contribution >= 0.6 is 15.9 Å². The highest BCUT2D eigenvalue weighted by Crippen LogP contribution is 2.32. The molecule has 0 aliphatic heterocycles. The SMILES string of the molecule is O=C1CCC(c2ccc(Br)cc2)C1. The second kappa shape index (κ2) is 3.62. The number of benzene rings is 1. The maximum absolute atomic E-state index is 11.1. The lowest BCUT2D eigenvalue weighted by Gasteiger charge is -2.07. The topological polar surface area (TPSA) is 17.1 Å². The van der Waals surface area contributed by atoms with Crippen LogP contribution in [0.3, 0.4) is 0 Å². The minimum Gasteiger partial charge on any atom is -0.300 e. The first-order valence-electron chi connectivity index (χ1n) is 4.53. The van der Waals surface area contributed by atoms with E-state index in [9.17, 15) is 4.79 Å². The van der Waals surface area contributed by atoms with E-state index in [0.29, 0.717) is 11.7 Å². The molecule has 0 bridgehead atoms. The van der Waals surface area contributed by atoms with E-state index in [1.54, 1.807) is 0 Å². The second-order valence-electron chi connectivity index (χ2n) is 3.53. The monoisotopic (exact) mass is 238 g/mol. The van der Waals surface area contributed by atoms with E-state index in [-0.39, 0.29) is 0 Å². The molecule has 1 fully saturated rings. The summed E-state index contributed by atoms with van der Waals surface area (Å²) in [5.41, 5.74) is 1.30. The molecule has 1 aliphatic carbocycles. The molecule has 0 spiro atoms. The van der Waals surface area contributed by atoms with Crippen molar-refractivity contribution < 1.29 is 4.79 Å². The predicted molar refractivity (Wildman–Crippen MR) is 55.7 cm³/mol. The predicted octanol–water partition coefficient (Wildman–Crippen LogP) is 3.29. The molecule has 0 radical (unpaired) electrons. The fraction of sp³-hybridized carbons (Fsp3) is 0.364. The third-order valence-corrected chi connectivity index (χ3v) is 3.12. The van der Waals surface area contributed by atoms with Crippen LogP contribution in [0.4, 0.5) is 0 Å². The summed E-state index contributed by atoms with van der Waals surface area (Å²) in [6.45, 7) is 0. The average molecular weight is 239 g/mol. The smallest absolute Gasteiger partial charge is 0.133 e. The Kier molecular flexibility index (Phi) is 2.49. The molecule has 0 saturated heterocycles. The molecule has 2 heteroatoms. The van der Waals surface area contributed by atoms with E-state index < -0.39 is 0 Å². The van der Waals surface area contributed by atoms with Crippen molar-refractivity contribution in [2.45, 2.75) is 25.2 Å². The summed E-state index contributed by atoms with van der Waals surface area (Å²) in [7, 11) is 0. The summed E-state index contributed by atoms with van der Waals surface area (Å²) in [5, 5.41) is 0. The number of hydrogen-bond donors (Lipinski definition) is 0. The minimum absolute atomic E-state index is 0.410. The summed E-state index contributed by atoms with van der Waals surface area (Å²) < 4.78 is 1.10. The number of ketones is 1. The number of halogens is 1. The summed E-state index contributed by atoms with van der Waals surface area (Å²) in [6, 6.07) is 8.29. The first kappa shape index (κ1) is 8.95. The van der Waals surface area contributed by atoms with Crippen molar-refractivity contribution in [3.63, 3.8) is 0 Å². The van der Waals surface area contributed by atoms with Gasteiger partial charge in [0.15, 0.2) is 0 Å². The van der Waals surface area contributed by atoms with Crippen LogP contribution < -0.4 is 0 Å². The van der Waals surface area contributed by atoms with Crippen LogP contribution in [0, 0.1) is 0 Å². The molecule has 1 aliphatic rings. The highest BCUT2D eigenvalue weighted by atomic mass is 79.9. The van der Waals surface area contributed by atoms with Gasteiger partial charge < -0.3 is 0 Å². The zero-order valence-corrected chi connectivity index (χ0v) is 8.88.